The van der Waals surface area contributed by atoms with Crippen LogP contribution in [0, 0.1) is 11.7 Å². The molecule has 0 bridgehead atoms. The van der Waals surface area contributed by atoms with Crippen molar-refractivity contribution in [1.29, 1.82) is 0 Å². The van der Waals surface area contributed by atoms with E-state index in [0.717, 1.165) is 18.4 Å². The summed E-state index contributed by atoms with van der Waals surface area (Å²) >= 11 is 0. The van der Waals surface area contributed by atoms with E-state index in [1.165, 1.54) is 12.1 Å². The summed E-state index contributed by atoms with van der Waals surface area (Å²) in [6.45, 7) is 5.74. The van der Waals surface area contributed by atoms with Gasteiger partial charge >= 0.3 is 0 Å². The molecule has 2 N–H and O–H groups in total. The molecule has 1 fully saturated rings. The Morgan fingerprint density at radius 1 is 1.45 bits per heavy atom. The van der Waals surface area contributed by atoms with Gasteiger partial charge in [0.1, 0.15) is 5.82 Å². The second-order valence-electron chi connectivity index (χ2n) is 5.43. The van der Waals surface area contributed by atoms with E-state index in [0.29, 0.717) is 19.6 Å². The van der Waals surface area contributed by atoms with E-state index in [9.17, 15) is 9.18 Å². The largest absolute Gasteiger partial charge is 0.342 e. The van der Waals surface area contributed by atoms with E-state index in [-0.39, 0.29) is 17.6 Å². The standard InChI is InChI=1S/C16H23FN2O/c1-3-19(4-2)15(20)16(9-8-13(16)11-18)12-6-5-7-14(17)10-12/h5-7,10,13H,3-4,8-9,11,18H2,1-2H3/t13-,16+/m0/s1. The lowest BCUT2D eigenvalue weighted by atomic mass is 9.55. The van der Waals surface area contributed by atoms with Crippen molar-refractivity contribution in [3.63, 3.8) is 0 Å². The van der Waals surface area contributed by atoms with Crippen LogP contribution < -0.4 is 5.73 Å². The Morgan fingerprint density at radius 3 is 2.60 bits per heavy atom. The molecule has 0 unspecified atom stereocenters. The van der Waals surface area contributed by atoms with E-state index in [1.54, 1.807) is 6.07 Å². The lowest BCUT2D eigenvalue weighted by molar-refractivity contribution is -0.144. The number of likely N-dealkylation sites (N-methyl/N-ethyl adjacent to an activating group) is 1. The van der Waals surface area contributed by atoms with Crippen LogP contribution in [-0.2, 0) is 10.2 Å². The van der Waals surface area contributed by atoms with Crippen LogP contribution in [0.5, 0.6) is 0 Å². The number of hydrogen-bond acceptors (Lipinski definition) is 2. The van der Waals surface area contributed by atoms with Crippen LogP contribution in [0.4, 0.5) is 4.39 Å². The Morgan fingerprint density at radius 2 is 2.15 bits per heavy atom. The third-order valence-electron chi connectivity index (χ3n) is 4.64. The quantitative estimate of drug-likeness (QED) is 0.898. The maximum absolute atomic E-state index is 13.6. The van der Waals surface area contributed by atoms with Gasteiger partial charge in [-0.15, -0.1) is 0 Å². The van der Waals surface area contributed by atoms with Crippen LogP contribution >= 0.6 is 0 Å². The number of nitrogens with zero attached hydrogens (tertiary/aromatic N) is 1. The second-order valence-corrected chi connectivity index (χ2v) is 5.43. The molecule has 0 heterocycles. The Hall–Kier alpha value is -1.42. The molecule has 110 valence electrons. The van der Waals surface area contributed by atoms with Crippen molar-refractivity contribution in [2.75, 3.05) is 19.6 Å². The van der Waals surface area contributed by atoms with Crippen LogP contribution in [0.1, 0.15) is 32.3 Å². The molecule has 20 heavy (non-hydrogen) atoms. The summed E-state index contributed by atoms with van der Waals surface area (Å²) in [6, 6.07) is 6.43. The van der Waals surface area contributed by atoms with E-state index < -0.39 is 5.41 Å². The Kier molecular flexibility index (Phi) is 4.43. The average molecular weight is 278 g/mol. The summed E-state index contributed by atoms with van der Waals surface area (Å²) in [7, 11) is 0. The number of carbonyl (C=O) groups excluding carboxylic acids is 1. The molecule has 4 heteroatoms. The van der Waals surface area contributed by atoms with E-state index in [4.69, 9.17) is 5.73 Å². The molecule has 1 aromatic rings. The molecular formula is C16H23FN2O. The highest BCUT2D eigenvalue weighted by atomic mass is 19.1. The van der Waals surface area contributed by atoms with Gasteiger partial charge in [0, 0.05) is 13.1 Å². The number of rotatable bonds is 5. The first-order valence-corrected chi connectivity index (χ1v) is 7.35. The third-order valence-corrected chi connectivity index (χ3v) is 4.64. The highest BCUT2D eigenvalue weighted by Crippen LogP contribution is 2.49. The Bertz CT molecular complexity index is 485. The van der Waals surface area contributed by atoms with Crippen LogP contribution in [0.2, 0.25) is 0 Å². The third kappa shape index (κ3) is 2.22. The highest BCUT2D eigenvalue weighted by Gasteiger charge is 2.54. The van der Waals surface area contributed by atoms with Crippen molar-refractivity contribution >= 4 is 5.91 Å². The van der Waals surface area contributed by atoms with Crippen LogP contribution in [-0.4, -0.2) is 30.4 Å². The number of amides is 1. The zero-order chi connectivity index (χ0) is 14.8. The normalized spacial score (nSPS) is 25.1. The van der Waals surface area contributed by atoms with Gasteiger partial charge < -0.3 is 10.6 Å². The zero-order valence-corrected chi connectivity index (χ0v) is 12.2. The predicted molar refractivity (Wildman–Crippen MR) is 77.8 cm³/mol. The van der Waals surface area contributed by atoms with Gasteiger partial charge in [-0.25, -0.2) is 4.39 Å². The summed E-state index contributed by atoms with van der Waals surface area (Å²) in [5.41, 5.74) is 5.99. The molecular weight excluding hydrogens is 255 g/mol. The summed E-state index contributed by atoms with van der Waals surface area (Å²) in [5.74, 6) is -0.0934. The first-order valence-electron chi connectivity index (χ1n) is 7.35. The zero-order valence-electron chi connectivity index (χ0n) is 12.2. The molecule has 0 saturated heterocycles. The molecule has 2 atom stereocenters. The first-order chi connectivity index (χ1) is 9.59. The van der Waals surface area contributed by atoms with E-state index in [2.05, 4.69) is 0 Å². The average Bonchev–Trinajstić information content (AvgIpc) is 2.40. The second kappa shape index (κ2) is 5.92. The van der Waals surface area contributed by atoms with Crippen molar-refractivity contribution < 1.29 is 9.18 Å². The summed E-state index contributed by atoms with van der Waals surface area (Å²) in [5, 5.41) is 0. The van der Waals surface area contributed by atoms with Gasteiger partial charge in [0.25, 0.3) is 0 Å². The monoisotopic (exact) mass is 278 g/mol. The Balaban J connectivity index is 2.44. The van der Waals surface area contributed by atoms with Crippen molar-refractivity contribution in [2.24, 2.45) is 11.7 Å². The smallest absolute Gasteiger partial charge is 0.233 e. The number of halogens is 1. The maximum Gasteiger partial charge on any atom is 0.233 e. The minimum atomic E-state index is -0.622. The van der Waals surface area contributed by atoms with Crippen molar-refractivity contribution in [3.8, 4) is 0 Å². The van der Waals surface area contributed by atoms with Gasteiger partial charge in [-0.2, -0.15) is 0 Å². The molecule has 0 aromatic heterocycles. The topological polar surface area (TPSA) is 46.3 Å². The number of hydrogen-bond donors (Lipinski definition) is 1. The number of nitrogens with two attached hydrogens (primary N) is 1. The van der Waals surface area contributed by atoms with Crippen molar-refractivity contribution in [1.82, 2.24) is 4.90 Å². The maximum atomic E-state index is 13.6. The van der Waals surface area contributed by atoms with Crippen LogP contribution in [0.25, 0.3) is 0 Å². The fourth-order valence-electron chi connectivity index (χ4n) is 3.30. The fourth-order valence-corrected chi connectivity index (χ4v) is 3.30. The molecule has 3 nitrogen and oxygen atoms in total. The molecule has 1 amide bonds. The van der Waals surface area contributed by atoms with Gasteiger partial charge in [-0.05, 0) is 56.8 Å². The van der Waals surface area contributed by atoms with Gasteiger partial charge in [-0.3, -0.25) is 4.79 Å². The van der Waals surface area contributed by atoms with Crippen LogP contribution in [0.15, 0.2) is 24.3 Å². The summed E-state index contributed by atoms with van der Waals surface area (Å²) < 4.78 is 13.6. The predicted octanol–water partition coefficient (Wildman–Crippen LogP) is 2.30. The molecule has 1 aromatic carbocycles. The lowest BCUT2D eigenvalue weighted by Gasteiger charge is -2.50. The molecule has 1 aliphatic rings. The SMILES string of the molecule is CCN(CC)C(=O)[C@@]1(c2cccc(F)c2)CC[C@H]1CN. The van der Waals surface area contributed by atoms with Crippen LogP contribution in [0.3, 0.4) is 0 Å². The van der Waals surface area contributed by atoms with E-state index in [1.807, 2.05) is 24.8 Å². The lowest BCUT2D eigenvalue weighted by Crippen LogP contribution is -2.58. The van der Waals surface area contributed by atoms with Crippen molar-refractivity contribution in [2.45, 2.75) is 32.1 Å². The highest BCUT2D eigenvalue weighted by molar-refractivity contribution is 5.90. The minimum Gasteiger partial charge on any atom is -0.342 e. The molecule has 2 rings (SSSR count). The molecule has 0 aliphatic heterocycles. The fraction of sp³-hybridized carbons (Fsp3) is 0.562. The summed E-state index contributed by atoms with van der Waals surface area (Å²) in [4.78, 5) is 14.8. The number of benzene rings is 1. The molecule has 0 spiro atoms. The molecule has 0 radical (unpaired) electrons. The summed E-state index contributed by atoms with van der Waals surface area (Å²) in [6.07, 6.45) is 1.69. The van der Waals surface area contributed by atoms with Gasteiger partial charge in [0.05, 0.1) is 5.41 Å². The molecule has 1 saturated carbocycles. The van der Waals surface area contributed by atoms with Crippen molar-refractivity contribution in [3.05, 3.63) is 35.6 Å². The first kappa shape index (κ1) is 15.0. The molecule has 1 aliphatic carbocycles. The Labute approximate surface area is 120 Å². The van der Waals surface area contributed by atoms with Gasteiger partial charge in [0.2, 0.25) is 5.91 Å². The minimum absolute atomic E-state index is 0.0924. The van der Waals surface area contributed by atoms with Gasteiger partial charge in [0.15, 0.2) is 0 Å². The number of carbonyl (C=O) groups is 1. The van der Waals surface area contributed by atoms with Gasteiger partial charge in [-0.1, -0.05) is 12.1 Å². The van der Waals surface area contributed by atoms with E-state index >= 15 is 0 Å².